The molecule has 0 aliphatic rings. The lowest BCUT2D eigenvalue weighted by Gasteiger charge is -2.02. The van der Waals surface area contributed by atoms with E-state index in [0.717, 1.165) is 0 Å². The van der Waals surface area contributed by atoms with E-state index < -0.39 is 4.92 Å². The molecule has 0 bridgehead atoms. The fourth-order valence-corrected chi connectivity index (χ4v) is 1.70. The van der Waals surface area contributed by atoms with E-state index in [4.69, 9.17) is 4.42 Å². The van der Waals surface area contributed by atoms with Gasteiger partial charge in [-0.1, -0.05) is 0 Å². The summed E-state index contributed by atoms with van der Waals surface area (Å²) in [5.41, 5.74) is 3.28. The van der Waals surface area contributed by atoms with E-state index in [2.05, 4.69) is 15.6 Å². The standard InChI is InChI=1S/C13H15N5O4/c1-8(2)17-7-10(6-14-15-9(3)19)13(16-17)11-4-5-12(22-11)18(20)21/h4-8H,1-3H3,(H,15,19)/b14-6+. The monoisotopic (exact) mass is 305 g/mol. The Balaban J connectivity index is 2.41. The molecular weight excluding hydrogens is 290 g/mol. The smallest absolute Gasteiger partial charge is 0.399 e. The van der Waals surface area contributed by atoms with Gasteiger partial charge in [0.05, 0.1) is 12.3 Å². The van der Waals surface area contributed by atoms with Crippen LogP contribution in [-0.4, -0.2) is 26.8 Å². The van der Waals surface area contributed by atoms with Crippen LogP contribution in [0, 0.1) is 10.1 Å². The van der Waals surface area contributed by atoms with E-state index in [0.29, 0.717) is 11.3 Å². The molecule has 1 N–H and O–H groups in total. The highest BCUT2D eigenvalue weighted by Crippen LogP contribution is 2.27. The highest BCUT2D eigenvalue weighted by molar-refractivity contribution is 5.88. The Hall–Kier alpha value is -2.97. The minimum atomic E-state index is -0.617. The van der Waals surface area contributed by atoms with E-state index in [1.165, 1.54) is 25.3 Å². The Kier molecular flexibility index (Phi) is 4.35. The molecule has 1 amide bonds. The second-order valence-electron chi connectivity index (χ2n) is 4.83. The average molecular weight is 305 g/mol. The minimum Gasteiger partial charge on any atom is -0.399 e. The molecular formula is C13H15N5O4. The number of amides is 1. The number of carbonyl (C=O) groups is 1. The maximum atomic E-state index is 10.8. The third-order valence-electron chi connectivity index (χ3n) is 2.72. The Labute approximate surface area is 125 Å². The van der Waals surface area contributed by atoms with Crippen LogP contribution in [0.25, 0.3) is 11.5 Å². The quantitative estimate of drug-likeness (QED) is 0.516. The van der Waals surface area contributed by atoms with Crippen molar-refractivity contribution in [3.8, 4) is 11.5 Å². The molecule has 9 nitrogen and oxygen atoms in total. The van der Waals surface area contributed by atoms with Crippen molar-refractivity contribution in [1.82, 2.24) is 15.2 Å². The first-order valence-corrected chi connectivity index (χ1v) is 6.52. The maximum Gasteiger partial charge on any atom is 0.433 e. The Morgan fingerprint density at radius 2 is 2.27 bits per heavy atom. The van der Waals surface area contributed by atoms with Crippen molar-refractivity contribution in [2.75, 3.05) is 0 Å². The normalized spacial score (nSPS) is 11.3. The van der Waals surface area contributed by atoms with Crippen LogP contribution in [-0.2, 0) is 4.79 Å². The number of nitro groups is 1. The molecule has 2 aromatic rings. The minimum absolute atomic E-state index is 0.0895. The van der Waals surface area contributed by atoms with Crippen molar-refractivity contribution >= 4 is 18.0 Å². The Morgan fingerprint density at radius 1 is 1.55 bits per heavy atom. The largest absolute Gasteiger partial charge is 0.433 e. The number of carbonyl (C=O) groups excluding carboxylic acids is 1. The van der Waals surface area contributed by atoms with Gasteiger partial charge in [-0.15, -0.1) is 0 Å². The molecule has 116 valence electrons. The molecule has 0 fully saturated rings. The third kappa shape index (κ3) is 3.37. The summed E-state index contributed by atoms with van der Waals surface area (Å²) < 4.78 is 6.85. The van der Waals surface area contributed by atoms with Crippen molar-refractivity contribution in [3.05, 3.63) is 34.0 Å². The van der Waals surface area contributed by atoms with E-state index in [-0.39, 0.29) is 23.6 Å². The highest BCUT2D eigenvalue weighted by atomic mass is 16.6. The lowest BCUT2D eigenvalue weighted by molar-refractivity contribution is -0.401. The van der Waals surface area contributed by atoms with E-state index in [9.17, 15) is 14.9 Å². The second-order valence-corrected chi connectivity index (χ2v) is 4.83. The Bertz CT molecular complexity index is 729. The first-order valence-electron chi connectivity index (χ1n) is 6.52. The van der Waals surface area contributed by atoms with Crippen molar-refractivity contribution in [2.24, 2.45) is 5.10 Å². The number of rotatable bonds is 5. The van der Waals surface area contributed by atoms with E-state index in [1.807, 2.05) is 13.8 Å². The molecule has 9 heteroatoms. The lowest BCUT2D eigenvalue weighted by atomic mass is 10.2. The molecule has 0 aromatic carbocycles. The molecule has 0 saturated heterocycles. The van der Waals surface area contributed by atoms with E-state index in [1.54, 1.807) is 10.9 Å². The van der Waals surface area contributed by atoms with Gasteiger partial charge < -0.3 is 4.42 Å². The van der Waals surface area contributed by atoms with Crippen molar-refractivity contribution in [1.29, 1.82) is 0 Å². The molecule has 0 radical (unpaired) electrons. The van der Waals surface area contributed by atoms with Crippen LogP contribution in [0.3, 0.4) is 0 Å². The topological polar surface area (TPSA) is 116 Å². The fourth-order valence-electron chi connectivity index (χ4n) is 1.70. The van der Waals surface area contributed by atoms with Crippen LogP contribution < -0.4 is 5.43 Å². The van der Waals surface area contributed by atoms with Gasteiger partial charge in [-0.2, -0.15) is 10.2 Å². The van der Waals surface area contributed by atoms with Gasteiger partial charge in [-0.3, -0.25) is 19.6 Å². The molecule has 0 saturated carbocycles. The molecule has 2 aromatic heterocycles. The first-order chi connectivity index (χ1) is 10.4. The zero-order valence-electron chi connectivity index (χ0n) is 12.3. The summed E-state index contributed by atoms with van der Waals surface area (Å²) >= 11 is 0. The predicted molar refractivity (Wildman–Crippen MR) is 78.4 cm³/mol. The summed E-state index contributed by atoms with van der Waals surface area (Å²) in [5, 5.41) is 18.8. The SMILES string of the molecule is CC(=O)N/N=C/c1cn(C(C)C)nc1-c1ccc([N+](=O)[O-])o1. The van der Waals surface area contributed by atoms with Crippen LogP contribution >= 0.6 is 0 Å². The summed E-state index contributed by atoms with van der Waals surface area (Å²) in [7, 11) is 0. The molecule has 0 spiro atoms. The number of hydrazone groups is 1. The van der Waals surface area contributed by atoms with Crippen LogP contribution in [0.15, 0.2) is 27.8 Å². The number of hydrogen-bond acceptors (Lipinski definition) is 6. The van der Waals surface area contributed by atoms with Gasteiger partial charge in [0.1, 0.15) is 10.6 Å². The zero-order valence-corrected chi connectivity index (χ0v) is 12.3. The predicted octanol–water partition coefficient (Wildman–Crippen LogP) is 2.10. The second kappa shape index (κ2) is 6.20. The number of aromatic nitrogens is 2. The van der Waals surface area contributed by atoms with Gasteiger partial charge in [0, 0.05) is 24.7 Å². The number of nitrogens with zero attached hydrogens (tertiary/aromatic N) is 4. The average Bonchev–Trinajstić information content (AvgIpc) is 3.03. The van der Waals surface area contributed by atoms with Gasteiger partial charge in [-0.05, 0) is 19.9 Å². The van der Waals surface area contributed by atoms with Gasteiger partial charge in [0.15, 0.2) is 5.76 Å². The number of nitrogens with one attached hydrogen (secondary N) is 1. The number of hydrogen-bond donors (Lipinski definition) is 1. The molecule has 0 atom stereocenters. The summed E-state index contributed by atoms with van der Waals surface area (Å²) in [6.07, 6.45) is 3.14. The molecule has 0 aliphatic carbocycles. The first kappa shape index (κ1) is 15.4. The molecule has 0 unspecified atom stereocenters. The summed E-state index contributed by atoms with van der Waals surface area (Å²) in [5.74, 6) is -0.406. The summed E-state index contributed by atoms with van der Waals surface area (Å²) in [6.45, 7) is 5.22. The van der Waals surface area contributed by atoms with Crippen molar-refractivity contribution in [3.63, 3.8) is 0 Å². The maximum absolute atomic E-state index is 10.8. The van der Waals surface area contributed by atoms with Gasteiger partial charge in [-0.25, -0.2) is 5.43 Å². The van der Waals surface area contributed by atoms with Gasteiger partial charge in [0.25, 0.3) is 0 Å². The highest BCUT2D eigenvalue weighted by Gasteiger charge is 2.18. The van der Waals surface area contributed by atoms with Crippen LogP contribution in [0.4, 0.5) is 5.88 Å². The molecule has 2 rings (SSSR count). The van der Waals surface area contributed by atoms with E-state index >= 15 is 0 Å². The van der Waals surface area contributed by atoms with Crippen LogP contribution in [0.2, 0.25) is 0 Å². The third-order valence-corrected chi connectivity index (χ3v) is 2.72. The summed E-state index contributed by atoms with van der Waals surface area (Å²) in [6, 6.07) is 2.82. The van der Waals surface area contributed by atoms with Crippen molar-refractivity contribution < 1.29 is 14.1 Å². The molecule has 22 heavy (non-hydrogen) atoms. The molecule has 0 aliphatic heterocycles. The van der Waals surface area contributed by atoms with Crippen molar-refractivity contribution in [2.45, 2.75) is 26.8 Å². The van der Waals surface area contributed by atoms with Gasteiger partial charge >= 0.3 is 5.88 Å². The number of furan rings is 1. The Morgan fingerprint density at radius 3 is 2.82 bits per heavy atom. The zero-order chi connectivity index (χ0) is 16.3. The fraction of sp³-hybridized carbons (Fsp3) is 0.308. The summed E-state index contributed by atoms with van der Waals surface area (Å²) in [4.78, 5) is 20.9. The lowest BCUT2D eigenvalue weighted by Crippen LogP contribution is -2.12. The van der Waals surface area contributed by atoms with Gasteiger partial charge in [0.2, 0.25) is 5.91 Å². The van der Waals surface area contributed by atoms with Crippen LogP contribution in [0.5, 0.6) is 0 Å². The molecule has 2 heterocycles. The van der Waals surface area contributed by atoms with Crippen LogP contribution in [0.1, 0.15) is 32.4 Å².